The molecule has 2 saturated carbocycles. The molecule has 3 fully saturated rings. The predicted molar refractivity (Wildman–Crippen MR) is 85.6 cm³/mol. The van der Waals surface area contributed by atoms with Crippen LogP contribution in [0.15, 0.2) is 0 Å². The van der Waals surface area contributed by atoms with Crippen LogP contribution in [0.5, 0.6) is 0 Å². The van der Waals surface area contributed by atoms with E-state index >= 15 is 0 Å². The van der Waals surface area contributed by atoms with Crippen LogP contribution in [-0.4, -0.2) is 42.0 Å². The Morgan fingerprint density at radius 3 is 2.50 bits per heavy atom. The molecule has 3 unspecified atom stereocenters. The van der Waals surface area contributed by atoms with Gasteiger partial charge in [-0.2, -0.15) is 0 Å². The number of carbonyl (C=O) groups excluding carboxylic acids is 1. The third-order valence-corrected chi connectivity index (χ3v) is 4.71. The fraction of sp³-hybridized carbons (Fsp3) is 0.929. The molecule has 0 spiro atoms. The summed E-state index contributed by atoms with van der Waals surface area (Å²) in [6.07, 6.45) is 7.95. The van der Waals surface area contributed by atoms with Gasteiger partial charge in [-0.05, 0) is 38.5 Å². The summed E-state index contributed by atoms with van der Waals surface area (Å²) in [7, 11) is 0. The predicted octanol–water partition coefficient (Wildman–Crippen LogP) is 1.70. The van der Waals surface area contributed by atoms with E-state index in [0.717, 1.165) is 44.7 Å². The molecule has 3 rings (SSSR count). The van der Waals surface area contributed by atoms with Gasteiger partial charge in [0.2, 0.25) is 5.91 Å². The molecule has 20 heavy (non-hydrogen) atoms. The number of nitrogens with two attached hydrogens (primary N) is 1. The van der Waals surface area contributed by atoms with Crippen molar-refractivity contribution < 1.29 is 4.79 Å². The second kappa shape index (κ2) is 7.83. The van der Waals surface area contributed by atoms with E-state index in [0.29, 0.717) is 6.04 Å². The summed E-state index contributed by atoms with van der Waals surface area (Å²) >= 11 is 0. The van der Waals surface area contributed by atoms with Crippen molar-refractivity contribution in [3.8, 4) is 0 Å². The van der Waals surface area contributed by atoms with E-state index < -0.39 is 0 Å². The molecule has 1 saturated heterocycles. The molecule has 0 aromatic rings. The molecule has 1 heterocycles. The zero-order chi connectivity index (χ0) is 12.5. The fourth-order valence-electron chi connectivity index (χ4n) is 3.46. The largest absolute Gasteiger partial charge is 0.352 e. The van der Waals surface area contributed by atoms with E-state index in [2.05, 4.69) is 10.2 Å². The smallest absolute Gasteiger partial charge is 0.223 e. The zero-order valence-corrected chi connectivity index (χ0v) is 13.6. The summed E-state index contributed by atoms with van der Waals surface area (Å²) in [4.78, 5) is 14.7. The molecule has 4 nitrogen and oxygen atoms in total. The Kier molecular flexibility index (Phi) is 7.06. The molecule has 3 atom stereocenters. The van der Waals surface area contributed by atoms with Gasteiger partial charge in [-0.3, -0.25) is 9.69 Å². The number of likely N-dealkylation sites (tertiary alicyclic amines) is 1. The Labute approximate surface area is 134 Å². The van der Waals surface area contributed by atoms with Crippen LogP contribution in [0.2, 0.25) is 0 Å². The van der Waals surface area contributed by atoms with Gasteiger partial charge in [-0.25, -0.2) is 0 Å². The highest BCUT2D eigenvalue weighted by molar-refractivity contribution is 5.85. The molecule has 1 aliphatic heterocycles. The van der Waals surface area contributed by atoms with Gasteiger partial charge in [-0.1, -0.05) is 6.42 Å². The maximum atomic E-state index is 12.2. The summed E-state index contributed by atoms with van der Waals surface area (Å²) in [6, 6.07) is 1.45. The van der Waals surface area contributed by atoms with Gasteiger partial charge in [0, 0.05) is 37.1 Å². The second-order valence-electron chi connectivity index (χ2n) is 6.34. The molecule has 3 aliphatic rings. The van der Waals surface area contributed by atoms with Crippen molar-refractivity contribution in [2.24, 2.45) is 11.7 Å². The van der Waals surface area contributed by atoms with Crippen LogP contribution < -0.4 is 11.1 Å². The topological polar surface area (TPSA) is 58.4 Å². The molecular formula is C14H27Cl2N3O. The SMILES string of the molecule is Cl.Cl.NC1CCCC(C(=O)NC2CCN(C3CC3)C2)C1. The monoisotopic (exact) mass is 323 g/mol. The molecule has 6 heteroatoms. The molecule has 3 N–H and O–H groups in total. The highest BCUT2D eigenvalue weighted by Gasteiger charge is 2.35. The van der Waals surface area contributed by atoms with Crippen molar-refractivity contribution in [1.29, 1.82) is 0 Å². The quantitative estimate of drug-likeness (QED) is 0.831. The minimum absolute atomic E-state index is 0. The molecule has 2 aliphatic carbocycles. The van der Waals surface area contributed by atoms with Crippen LogP contribution in [0.1, 0.15) is 44.9 Å². The standard InChI is InChI=1S/C14H25N3O.2ClH/c15-11-3-1-2-10(8-11)14(18)16-12-6-7-17(9-12)13-4-5-13;;/h10-13H,1-9,15H2,(H,16,18);2*1H. The Morgan fingerprint density at radius 1 is 1.10 bits per heavy atom. The van der Waals surface area contributed by atoms with E-state index in [1.165, 1.54) is 19.4 Å². The molecule has 118 valence electrons. The van der Waals surface area contributed by atoms with E-state index in [4.69, 9.17) is 5.73 Å². The Morgan fingerprint density at radius 2 is 1.85 bits per heavy atom. The second-order valence-corrected chi connectivity index (χ2v) is 6.34. The lowest BCUT2D eigenvalue weighted by molar-refractivity contribution is -0.126. The number of amides is 1. The lowest BCUT2D eigenvalue weighted by atomic mass is 9.85. The fourth-order valence-corrected chi connectivity index (χ4v) is 3.46. The Bertz CT molecular complexity index is 326. The number of nitrogens with one attached hydrogen (secondary N) is 1. The Hall–Kier alpha value is -0.0300. The van der Waals surface area contributed by atoms with Gasteiger partial charge in [0.15, 0.2) is 0 Å². The van der Waals surface area contributed by atoms with Gasteiger partial charge >= 0.3 is 0 Å². The minimum atomic E-state index is 0. The van der Waals surface area contributed by atoms with Crippen molar-refractivity contribution in [2.75, 3.05) is 13.1 Å². The summed E-state index contributed by atoms with van der Waals surface area (Å²) in [5, 5.41) is 3.25. The summed E-state index contributed by atoms with van der Waals surface area (Å²) in [5.41, 5.74) is 5.95. The molecular weight excluding hydrogens is 297 g/mol. The van der Waals surface area contributed by atoms with Crippen LogP contribution in [0.25, 0.3) is 0 Å². The van der Waals surface area contributed by atoms with Gasteiger partial charge in [0.1, 0.15) is 0 Å². The number of halogens is 2. The van der Waals surface area contributed by atoms with Crippen molar-refractivity contribution in [2.45, 2.75) is 63.1 Å². The highest BCUT2D eigenvalue weighted by Crippen LogP contribution is 2.30. The van der Waals surface area contributed by atoms with E-state index in [1.807, 2.05) is 0 Å². The number of hydrogen-bond acceptors (Lipinski definition) is 3. The molecule has 1 amide bonds. The average molecular weight is 324 g/mol. The van der Waals surface area contributed by atoms with E-state index in [-0.39, 0.29) is 42.7 Å². The zero-order valence-electron chi connectivity index (χ0n) is 11.9. The first-order valence-electron chi connectivity index (χ1n) is 7.52. The van der Waals surface area contributed by atoms with Crippen molar-refractivity contribution in [1.82, 2.24) is 10.2 Å². The van der Waals surface area contributed by atoms with Gasteiger partial charge in [0.05, 0.1) is 0 Å². The Balaban J connectivity index is 0.000001000. The third-order valence-electron chi connectivity index (χ3n) is 4.71. The van der Waals surface area contributed by atoms with Crippen LogP contribution in [0.3, 0.4) is 0 Å². The third kappa shape index (κ3) is 4.48. The van der Waals surface area contributed by atoms with Crippen LogP contribution in [-0.2, 0) is 4.79 Å². The van der Waals surface area contributed by atoms with Gasteiger partial charge < -0.3 is 11.1 Å². The molecule has 0 bridgehead atoms. The lowest BCUT2D eigenvalue weighted by Crippen LogP contribution is -2.43. The normalized spacial score (nSPS) is 34.0. The van der Waals surface area contributed by atoms with Gasteiger partial charge in [-0.15, -0.1) is 24.8 Å². The van der Waals surface area contributed by atoms with E-state index in [9.17, 15) is 4.79 Å². The minimum Gasteiger partial charge on any atom is -0.352 e. The molecule has 0 aromatic heterocycles. The van der Waals surface area contributed by atoms with Crippen molar-refractivity contribution in [3.63, 3.8) is 0 Å². The average Bonchev–Trinajstić information content (AvgIpc) is 3.11. The lowest BCUT2D eigenvalue weighted by Gasteiger charge is -2.27. The number of rotatable bonds is 3. The first-order valence-corrected chi connectivity index (χ1v) is 7.52. The molecule has 0 aromatic carbocycles. The number of carbonyl (C=O) groups is 1. The van der Waals surface area contributed by atoms with E-state index in [1.54, 1.807) is 0 Å². The van der Waals surface area contributed by atoms with Crippen LogP contribution in [0.4, 0.5) is 0 Å². The maximum Gasteiger partial charge on any atom is 0.223 e. The maximum absolute atomic E-state index is 12.2. The highest BCUT2D eigenvalue weighted by atomic mass is 35.5. The molecule has 0 radical (unpaired) electrons. The summed E-state index contributed by atoms with van der Waals surface area (Å²) in [5.74, 6) is 0.427. The van der Waals surface area contributed by atoms with Crippen LogP contribution in [0, 0.1) is 5.92 Å². The van der Waals surface area contributed by atoms with Gasteiger partial charge in [0.25, 0.3) is 0 Å². The van der Waals surface area contributed by atoms with Crippen LogP contribution >= 0.6 is 24.8 Å². The summed E-state index contributed by atoms with van der Waals surface area (Å²) < 4.78 is 0. The van der Waals surface area contributed by atoms with Crippen molar-refractivity contribution >= 4 is 30.7 Å². The number of nitrogens with zero attached hydrogens (tertiary/aromatic N) is 1. The first-order chi connectivity index (χ1) is 8.72. The number of hydrogen-bond donors (Lipinski definition) is 2. The van der Waals surface area contributed by atoms with Crippen molar-refractivity contribution in [3.05, 3.63) is 0 Å². The first kappa shape index (κ1) is 18.0. The summed E-state index contributed by atoms with van der Waals surface area (Å²) in [6.45, 7) is 2.23.